The number of nitrogens with one attached hydrogen (secondary N) is 1. The van der Waals surface area contributed by atoms with Gasteiger partial charge in [0, 0.05) is 25.0 Å². The molecule has 1 saturated heterocycles. The van der Waals surface area contributed by atoms with Gasteiger partial charge in [0.2, 0.25) is 0 Å². The molecule has 17 heavy (non-hydrogen) atoms. The van der Waals surface area contributed by atoms with E-state index in [2.05, 4.69) is 12.2 Å². The molecule has 2 aliphatic rings. The number of urea groups is 1. The average Bonchev–Trinajstić information content (AvgIpc) is 2.06. The van der Waals surface area contributed by atoms with Crippen LogP contribution in [-0.2, 0) is 4.79 Å². The van der Waals surface area contributed by atoms with Crippen molar-refractivity contribution in [2.45, 2.75) is 38.6 Å². The Kier molecular flexibility index (Phi) is 3.54. The van der Waals surface area contributed by atoms with Crippen LogP contribution in [-0.4, -0.2) is 41.1 Å². The summed E-state index contributed by atoms with van der Waals surface area (Å²) in [6.07, 6.45) is 3.86. The minimum Gasteiger partial charge on any atom is -0.481 e. The van der Waals surface area contributed by atoms with E-state index in [0.717, 1.165) is 0 Å². The summed E-state index contributed by atoms with van der Waals surface area (Å²) in [7, 11) is 0. The molecule has 0 radical (unpaired) electrons. The Labute approximate surface area is 101 Å². The van der Waals surface area contributed by atoms with E-state index in [0.29, 0.717) is 19.0 Å². The Bertz CT molecular complexity index is 309. The fourth-order valence-corrected chi connectivity index (χ4v) is 2.46. The normalized spacial score (nSPS) is 22.5. The Morgan fingerprint density at radius 3 is 2.53 bits per heavy atom. The molecule has 5 nitrogen and oxygen atoms in total. The van der Waals surface area contributed by atoms with Gasteiger partial charge in [-0.15, -0.1) is 0 Å². The molecule has 0 aromatic rings. The zero-order chi connectivity index (χ0) is 12.4. The number of amides is 2. The molecule has 1 aliphatic heterocycles. The summed E-state index contributed by atoms with van der Waals surface area (Å²) in [6.45, 7) is 3.21. The number of rotatable bonds is 4. The van der Waals surface area contributed by atoms with Gasteiger partial charge in [-0.25, -0.2) is 4.79 Å². The first-order chi connectivity index (χ1) is 8.06. The molecule has 1 saturated carbocycles. The summed E-state index contributed by atoms with van der Waals surface area (Å²) in [5, 5.41) is 11.6. The van der Waals surface area contributed by atoms with Crippen LogP contribution in [0, 0.1) is 11.8 Å². The fraction of sp³-hybridized carbons (Fsp3) is 0.833. The number of likely N-dealkylation sites (tertiary alicyclic amines) is 1. The number of hydrogen-bond donors (Lipinski definition) is 2. The van der Waals surface area contributed by atoms with Gasteiger partial charge in [-0.1, -0.05) is 6.42 Å². The molecule has 1 atom stereocenters. The maximum absolute atomic E-state index is 11.8. The number of nitrogens with zero attached hydrogens (tertiary/aromatic N) is 1. The number of carbonyl (C=O) groups excluding carboxylic acids is 1. The first-order valence-electron chi connectivity index (χ1n) is 6.33. The summed E-state index contributed by atoms with van der Waals surface area (Å²) >= 11 is 0. The molecule has 0 spiro atoms. The van der Waals surface area contributed by atoms with Crippen molar-refractivity contribution in [2.24, 2.45) is 11.8 Å². The van der Waals surface area contributed by atoms with Gasteiger partial charge in [0.05, 0.1) is 6.42 Å². The quantitative estimate of drug-likeness (QED) is 0.778. The van der Waals surface area contributed by atoms with Crippen molar-refractivity contribution in [1.29, 1.82) is 0 Å². The lowest BCUT2D eigenvalue weighted by molar-refractivity contribution is -0.139. The molecular formula is C12H20N2O3. The molecule has 5 heteroatoms. The zero-order valence-corrected chi connectivity index (χ0v) is 10.2. The number of carboxylic acids is 1. The van der Waals surface area contributed by atoms with Gasteiger partial charge in [-0.05, 0) is 25.7 Å². The number of carbonyl (C=O) groups is 2. The van der Waals surface area contributed by atoms with E-state index < -0.39 is 5.97 Å². The Hall–Kier alpha value is -1.26. The monoisotopic (exact) mass is 240 g/mol. The largest absolute Gasteiger partial charge is 0.481 e. The van der Waals surface area contributed by atoms with Crippen molar-refractivity contribution in [3.05, 3.63) is 0 Å². The average molecular weight is 240 g/mol. The van der Waals surface area contributed by atoms with Crippen LogP contribution in [0.3, 0.4) is 0 Å². The van der Waals surface area contributed by atoms with Crippen LogP contribution in [0.2, 0.25) is 0 Å². The Morgan fingerprint density at radius 1 is 1.41 bits per heavy atom. The third-order valence-electron chi connectivity index (χ3n) is 3.92. The third-order valence-corrected chi connectivity index (χ3v) is 3.92. The SMILES string of the molecule is CC(NC(=O)N1CC(CC(=O)O)C1)C1CCC1. The van der Waals surface area contributed by atoms with Crippen molar-refractivity contribution in [3.8, 4) is 0 Å². The predicted octanol–water partition coefficient (Wildman–Crippen LogP) is 1.29. The predicted molar refractivity (Wildman–Crippen MR) is 62.7 cm³/mol. The smallest absolute Gasteiger partial charge is 0.317 e. The molecule has 0 bridgehead atoms. The van der Waals surface area contributed by atoms with Crippen LogP contribution in [0.1, 0.15) is 32.6 Å². The second-order valence-electron chi connectivity index (χ2n) is 5.30. The lowest BCUT2D eigenvalue weighted by Crippen LogP contribution is -2.56. The van der Waals surface area contributed by atoms with Crippen LogP contribution in [0.25, 0.3) is 0 Å². The summed E-state index contributed by atoms with van der Waals surface area (Å²) in [5.74, 6) is -0.00908. The first-order valence-corrected chi connectivity index (χ1v) is 6.33. The molecular weight excluding hydrogens is 220 g/mol. The molecule has 1 aliphatic carbocycles. The fourth-order valence-electron chi connectivity index (χ4n) is 2.46. The molecule has 0 aromatic carbocycles. The number of aliphatic carboxylic acids is 1. The summed E-state index contributed by atoms with van der Waals surface area (Å²) in [6, 6.07) is 0.209. The Balaban J connectivity index is 1.66. The van der Waals surface area contributed by atoms with E-state index >= 15 is 0 Å². The van der Waals surface area contributed by atoms with Gasteiger partial charge in [0.1, 0.15) is 0 Å². The second kappa shape index (κ2) is 4.94. The highest BCUT2D eigenvalue weighted by Crippen LogP contribution is 2.29. The topological polar surface area (TPSA) is 69.6 Å². The lowest BCUT2D eigenvalue weighted by Gasteiger charge is -2.40. The molecule has 0 aromatic heterocycles. The zero-order valence-electron chi connectivity index (χ0n) is 10.2. The first kappa shape index (κ1) is 12.2. The molecule has 1 unspecified atom stereocenters. The van der Waals surface area contributed by atoms with Crippen molar-refractivity contribution < 1.29 is 14.7 Å². The molecule has 2 fully saturated rings. The minimum atomic E-state index is -0.780. The number of hydrogen-bond acceptors (Lipinski definition) is 2. The van der Waals surface area contributed by atoms with Crippen LogP contribution in [0.5, 0.6) is 0 Å². The van der Waals surface area contributed by atoms with E-state index in [1.54, 1.807) is 4.90 Å². The van der Waals surface area contributed by atoms with Gasteiger partial charge in [0.15, 0.2) is 0 Å². The second-order valence-corrected chi connectivity index (χ2v) is 5.30. The molecule has 96 valence electrons. The van der Waals surface area contributed by atoms with Crippen LogP contribution >= 0.6 is 0 Å². The minimum absolute atomic E-state index is 0.0361. The molecule has 2 amide bonds. The molecule has 1 heterocycles. The van der Waals surface area contributed by atoms with Gasteiger partial charge in [-0.3, -0.25) is 4.79 Å². The Morgan fingerprint density at radius 2 is 2.06 bits per heavy atom. The number of carboxylic acid groups (broad SMARTS) is 1. The highest BCUT2D eigenvalue weighted by atomic mass is 16.4. The lowest BCUT2D eigenvalue weighted by atomic mass is 9.80. The van der Waals surface area contributed by atoms with Crippen molar-refractivity contribution >= 4 is 12.0 Å². The van der Waals surface area contributed by atoms with Crippen LogP contribution < -0.4 is 5.32 Å². The van der Waals surface area contributed by atoms with E-state index in [4.69, 9.17) is 5.11 Å². The van der Waals surface area contributed by atoms with E-state index in [1.165, 1.54) is 19.3 Å². The highest BCUT2D eigenvalue weighted by molar-refractivity contribution is 5.76. The van der Waals surface area contributed by atoms with Gasteiger partial charge < -0.3 is 15.3 Å². The summed E-state index contributed by atoms with van der Waals surface area (Å²) in [5.41, 5.74) is 0. The van der Waals surface area contributed by atoms with Crippen molar-refractivity contribution in [1.82, 2.24) is 10.2 Å². The van der Waals surface area contributed by atoms with Crippen molar-refractivity contribution in [2.75, 3.05) is 13.1 Å². The summed E-state index contributed by atoms with van der Waals surface area (Å²) in [4.78, 5) is 23.9. The van der Waals surface area contributed by atoms with E-state index in [-0.39, 0.29) is 24.4 Å². The summed E-state index contributed by atoms with van der Waals surface area (Å²) < 4.78 is 0. The van der Waals surface area contributed by atoms with Crippen LogP contribution in [0.15, 0.2) is 0 Å². The van der Waals surface area contributed by atoms with Crippen LogP contribution in [0.4, 0.5) is 4.79 Å². The maximum atomic E-state index is 11.8. The highest BCUT2D eigenvalue weighted by Gasteiger charge is 2.33. The van der Waals surface area contributed by atoms with Gasteiger partial charge in [-0.2, -0.15) is 0 Å². The molecule has 2 rings (SSSR count). The van der Waals surface area contributed by atoms with Gasteiger partial charge >= 0.3 is 12.0 Å². The van der Waals surface area contributed by atoms with Crippen molar-refractivity contribution in [3.63, 3.8) is 0 Å². The third kappa shape index (κ3) is 2.90. The standard InChI is InChI=1S/C12H20N2O3/c1-8(10-3-2-4-10)13-12(17)14-6-9(7-14)5-11(15)16/h8-10H,2-7H2,1H3,(H,13,17)(H,15,16). The van der Waals surface area contributed by atoms with E-state index in [9.17, 15) is 9.59 Å². The van der Waals surface area contributed by atoms with E-state index in [1.807, 2.05) is 0 Å². The maximum Gasteiger partial charge on any atom is 0.317 e. The molecule has 2 N–H and O–H groups in total. The van der Waals surface area contributed by atoms with Gasteiger partial charge in [0.25, 0.3) is 0 Å².